The van der Waals surface area contributed by atoms with Gasteiger partial charge < -0.3 is 24.1 Å². The smallest absolute Gasteiger partial charge is 0.343 e. The van der Waals surface area contributed by atoms with E-state index in [4.69, 9.17) is 18.9 Å². The van der Waals surface area contributed by atoms with Gasteiger partial charge in [0.2, 0.25) is 5.75 Å². The Morgan fingerprint density at radius 2 is 1.36 bits per heavy atom. The van der Waals surface area contributed by atoms with Crippen LogP contribution in [-0.2, 0) is 0 Å². The lowest BCUT2D eigenvalue weighted by atomic mass is 10.2. The molecule has 2 rings (SSSR count). The third kappa shape index (κ3) is 3.06. The minimum atomic E-state index is -0.624. The second kappa shape index (κ2) is 6.71. The minimum Gasteiger partial charge on any atom is -0.502 e. The highest BCUT2D eigenvalue weighted by atomic mass is 16.6. The van der Waals surface area contributed by atoms with Crippen LogP contribution in [0.4, 0.5) is 0 Å². The number of aromatic hydroxyl groups is 1. The Hall–Kier alpha value is -2.89. The fraction of sp³-hybridized carbons (Fsp3) is 0.188. The number of esters is 1. The van der Waals surface area contributed by atoms with Crippen LogP contribution in [-0.4, -0.2) is 32.4 Å². The van der Waals surface area contributed by atoms with Crippen molar-refractivity contribution in [3.63, 3.8) is 0 Å². The Morgan fingerprint density at radius 1 is 0.864 bits per heavy atom. The predicted molar refractivity (Wildman–Crippen MR) is 79.2 cm³/mol. The summed E-state index contributed by atoms with van der Waals surface area (Å²) in [4.78, 5) is 12.3. The van der Waals surface area contributed by atoms with Crippen LogP contribution < -0.4 is 18.9 Å². The van der Waals surface area contributed by atoms with E-state index in [1.807, 2.05) is 0 Å². The van der Waals surface area contributed by atoms with E-state index in [2.05, 4.69) is 0 Å². The second-order valence-electron chi connectivity index (χ2n) is 4.27. The lowest BCUT2D eigenvalue weighted by Crippen LogP contribution is -2.10. The van der Waals surface area contributed by atoms with Gasteiger partial charge in [0.15, 0.2) is 23.0 Å². The number of hydrogen-bond donors (Lipinski definition) is 1. The first-order valence-corrected chi connectivity index (χ1v) is 6.41. The highest BCUT2D eigenvalue weighted by Crippen LogP contribution is 2.37. The van der Waals surface area contributed by atoms with Crippen molar-refractivity contribution in [3.05, 3.63) is 42.0 Å². The van der Waals surface area contributed by atoms with Crippen molar-refractivity contribution in [2.75, 3.05) is 21.3 Å². The number of rotatable bonds is 5. The molecule has 0 amide bonds. The monoisotopic (exact) mass is 304 g/mol. The van der Waals surface area contributed by atoms with Crippen molar-refractivity contribution in [2.24, 2.45) is 0 Å². The zero-order valence-corrected chi connectivity index (χ0v) is 12.5. The van der Waals surface area contributed by atoms with Gasteiger partial charge in [-0.25, -0.2) is 4.79 Å². The molecular weight excluding hydrogens is 288 g/mol. The van der Waals surface area contributed by atoms with Gasteiger partial charge in [-0.05, 0) is 24.3 Å². The van der Waals surface area contributed by atoms with Gasteiger partial charge in [0.25, 0.3) is 0 Å². The fourth-order valence-corrected chi connectivity index (χ4v) is 1.87. The van der Waals surface area contributed by atoms with Crippen LogP contribution in [0.3, 0.4) is 0 Å². The van der Waals surface area contributed by atoms with Crippen molar-refractivity contribution in [1.29, 1.82) is 0 Å². The van der Waals surface area contributed by atoms with Gasteiger partial charge in [-0.2, -0.15) is 0 Å². The van der Waals surface area contributed by atoms with Crippen LogP contribution in [0.15, 0.2) is 36.4 Å². The first kappa shape index (κ1) is 15.5. The number of carbonyl (C=O) groups is 1. The summed E-state index contributed by atoms with van der Waals surface area (Å²) in [5, 5.41) is 9.84. The fourth-order valence-electron chi connectivity index (χ4n) is 1.87. The van der Waals surface area contributed by atoms with Crippen LogP contribution >= 0.6 is 0 Å². The van der Waals surface area contributed by atoms with E-state index >= 15 is 0 Å². The van der Waals surface area contributed by atoms with Gasteiger partial charge in [0.05, 0.1) is 26.9 Å². The molecule has 0 unspecified atom stereocenters. The van der Waals surface area contributed by atoms with E-state index in [0.29, 0.717) is 11.5 Å². The average molecular weight is 304 g/mol. The van der Waals surface area contributed by atoms with E-state index < -0.39 is 5.97 Å². The zero-order chi connectivity index (χ0) is 16.1. The van der Waals surface area contributed by atoms with Gasteiger partial charge in [0.1, 0.15) is 0 Å². The maximum absolute atomic E-state index is 12.3. The third-order valence-electron chi connectivity index (χ3n) is 2.99. The summed E-state index contributed by atoms with van der Waals surface area (Å²) >= 11 is 0. The van der Waals surface area contributed by atoms with Crippen molar-refractivity contribution in [1.82, 2.24) is 0 Å². The molecule has 22 heavy (non-hydrogen) atoms. The highest BCUT2D eigenvalue weighted by Gasteiger charge is 2.18. The summed E-state index contributed by atoms with van der Waals surface area (Å²) in [6.07, 6.45) is 0. The molecule has 2 aromatic rings. The Kier molecular flexibility index (Phi) is 4.73. The van der Waals surface area contributed by atoms with Crippen molar-refractivity contribution in [3.8, 4) is 28.7 Å². The molecule has 0 aromatic heterocycles. The molecule has 0 aliphatic heterocycles. The Balaban J connectivity index is 2.33. The molecule has 0 heterocycles. The molecule has 0 fully saturated rings. The predicted octanol–water partition coefficient (Wildman–Crippen LogP) is 2.64. The highest BCUT2D eigenvalue weighted by molar-refractivity contribution is 5.93. The Labute approximate surface area is 127 Å². The number of carbonyl (C=O) groups excluding carboxylic acids is 1. The number of ether oxygens (including phenoxy) is 4. The summed E-state index contributed by atoms with van der Waals surface area (Å²) in [5.74, 6) is 0.159. The van der Waals surface area contributed by atoms with E-state index in [0.717, 1.165) is 0 Å². The molecule has 0 spiro atoms. The van der Waals surface area contributed by atoms with E-state index in [1.165, 1.54) is 33.5 Å². The van der Waals surface area contributed by atoms with Gasteiger partial charge in [-0.1, -0.05) is 12.1 Å². The Morgan fingerprint density at radius 3 is 1.86 bits per heavy atom. The number of phenols is 1. The van der Waals surface area contributed by atoms with Crippen LogP contribution in [0.5, 0.6) is 28.7 Å². The third-order valence-corrected chi connectivity index (χ3v) is 2.99. The summed E-state index contributed by atoms with van der Waals surface area (Å²) in [7, 11) is 4.24. The largest absolute Gasteiger partial charge is 0.502 e. The average Bonchev–Trinajstić information content (AvgIpc) is 2.55. The van der Waals surface area contributed by atoms with Gasteiger partial charge in [-0.3, -0.25) is 0 Å². The molecule has 0 radical (unpaired) electrons. The van der Waals surface area contributed by atoms with Crippen LogP contribution in [0, 0.1) is 0 Å². The summed E-state index contributed by atoms with van der Waals surface area (Å²) < 4.78 is 20.5. The molecular formula is C16H16O6. The van der Waals surface area contributed by atoms with E-state index in [-0.39, 0.29) is 22.8 Å². The first-order chi connectivity index (χ1) is 10.6. The van der Waals surface area contributed by atoms with Crippen LogP contribution in [0.1, 0.15) is 10.4 Å². The number of phenolic OH excluding ortho intramolecular Hbond substituents is 1. The van der Waals surface area contributed by atoms with Gasteiger partial charge in [-0.15, -0.1) is 0 Å². The first-order valence-electron chi connectivity index (χ1n) is 6.41. The Bertz CT molecular complexity index is 655. The lowest BCUT2D eigenvalue weighted by Gasteiger charge is -2.12. The van der Waals surface area contributed by atoms with Crippen molar-refractivity contribution >= 4 is 5.97 Å². The quantitative estimate of drug-likeness (QED) is 0.676. The second-order valence-corrected chi connectivity index (χ2v) is 4.27. The van der Waals surface area contributed by atoms with E-state index in [1.54, 1.807) is 24.3 Å². The summed E-state index contributed by atoms with van der Waals surface area (Å²) in [5.41, 5.74) is 0.178. The maximum atomic E-state index is 12.3. The lowest BCUT2D eigenvalue weighted by molar-refractivity contribution is 0.0729. The molecule has 0 atom stereocenters. The molecule has 0 aliphatic rings. The molecule has 0 aliphatic carbocycles. The van der Waals surface area contributed by atoms with Crippen molar-refractivity contribution < 1.29 is 28.8 Å². The van der Waals surface area contributed by atoms with Crippen LogP contribution in [0.2, 0.25) is 0 Å². The molecule has 0 saturated carbocycles. The normalized spacial score (nSPS) is 9.95. The topological polar surface area (TPSA) is 74.2 Å². The molecule has 6 nitrogen and oxygen atoms in total. The summed E-state index contributed by atoms with van der Waals surface area (Å²) in [6, 6.07) is 9.53. The molecule has 0 saturated heterocycles. The minimum absolute atomic E-state index is 0.117. The number of methoxy groups -OCH3 is 3. The van der Waals surface area contributed by atoms with Crippen LogP contribution in [0.25, 0.3) is 0 Å². The molecule has 6 heteroatoms. The summed E-state index contributed by atoms with van der Waals surface area (Å²) in [6.45, 7) is 0. The molecule has 1 N–H and O–H groups in total. The van der Waals surface area contributed by atoms with Gasteiger partial charge >= 0.3 is 5.97 Å². The molecule has 0 bridgehead atoms. The van der Waals surface area contributed by atoms with Crippen molar-refractivity contribution in [2.45, 2.75) is 0 Å². The van der Waals surface area contributed by atoms with Gasteiger partial charge in [0, 0.05) is 0 Å². The number of benzene rings is 2. The number of para-hydroxylation sites is 2. The molecule has 116 valence electrons. The molecule has 2 aromatic carbocycles. The standard InChI is InChI=1S/C16H16O6/c1-19-11-6-4-5-7-12(11)22-16(18)10-8-13(20-2)15(17)14(9-10)21-3/h4-9,17H,1-3H3. The maximum Gasteiger partial charge on any atom is 0.343 e. The zero-order valence-electron chi connectivity index (χ0n) is 12.5. The SMILES string of the molecule is COc1ccccc1OC(=O)c1cc(OC)c(O)c(OC)c1. The number of hydrogen-bond acceptors (Lipinski definition) is 6. The van der Waals surface area contributed by atoms with E-state index in [9.17, 15) is 9.90 Å².